The van der Waals surface area contributed by atoms with Crippen molar-refractivity contribution in [1.82, 2.24) is 0 Å². The summed E-state index contributed by atoms with van der Waals surface area (Å²) >= 11 is 0. The summed E-state index contributed by atoms with van der Waals surface area (Å²) in [7, 11) is 0. The van der Waals surface area contributed by atoms with E-state index < -0.39 is 55.4 Å². The zero-order valence-electron chi connectivity index (χ0n) is 32.8. The number of ether oxygens (including phenoxy) is 4. The Morgan fingerprint density at radius 3 is 1.58 bits per heavy atom. The van der Waals surface area contributed by atoms with Gasteiger partial charge < -0.3 is 39.4 Å². The monoisotopic (exact) mass is 741 g/mol. The van der Waals surface area contributed by atoms with Crippen LogP contribution >= 0.6 is 0 Å². The van der Waals surface area contributed by atoms with Gasteiger partial charge in [0, 0.05) is 12.8 Å². The van der Waals surface area contributed by atoms with Crippen molar-refractivity contribution < 1.29 is 49.0 Å². The normalized spacial score (nSPS) is 21.2. The van der Waals surface area contributed by atoms with Crippen molar-refractivity contribution in [2.45, 2.75) is 211 Å². The van der Waals surface area contributed by atoms with Crippen LogP contribution in [0.25, 0.3) is 0 Å². The minimum absolute atomic E-state index is 0.200. The molecule has 2 unspecified atom stereocenters. The number of unbranched alkanes of at least 4 members (excludes halogenated alkanes) is 19. The number of carbonyl (C=O) groups is 2. The van der Waals surface area contributed by atoms with E-state index in [-0.39, 0.29) is 26.1 Å². The molecule has 0 aromatic heterocycles. The molecule has 52 heavy (non-hydrogen) atoms. The quantitative estimate of drug-likeness (QED) is 0.0289. The molecule has 0 bridgehead atoms. The summed E-state index contributed by atoms with van der Waals surface area (Å²) < 4.78 is 22.1. The van der Waals surface area contributed by atoms with E-state index in [9.17, 15) is 30.0 Å². The molecule has 1 saturated heterocycles. The molecule has 6 atom stereocenters. The van der Waals surface area contributed by atoms with Gasteiger partial charge in [-0.1, -0.05) is 122 Å². The highest BCUT2D eigenvalue weighted by Crippen LogP contribution is 2.22. The van der Waals surface area contributed by atoms with Crippen LogP contribution in [0.5, 0.6) is 0 Å². The SMILES string of the molecule is CCCCC/C=C/CCCCCCCC(=O)OC[C@H](CO[C@@H]1O[C@H](CO)[C@H](O)C(O)C1O)OC(=O)CCCC/C=C/CCCCCCCCCCC. The summed E-state index contributed by atoms with van der Waals surface area (Å²) in [5.74, 6) is -0.842. The standard InChI is InChI=1S/C42H76O10/c1-3-5-7-9-11-13-15-17-18-19-21-23-25-27-29-31-38(45)51-35(34-50-42-41(48)40(47)39(46)36(32-43)52-42)33-49-37(44)30-28-26-24-22-20-16-14-12-10-8-6-4-2/h12,14,21,23,35-36,39-43,46-48H,3-11,13,15-20,22,24-34H2,1-2H3/b14-12+,23-21+/t35-,36-,39+,40?,41?,42-/m1/s1. The number of rotatable bonds is 34. The van der Waals surface area contributed by atoms with Crippen LogP contribution in [0.4, 0.5) is 0 Å². The van der Waals surface area contributed by atoms with E-state index in [0.717, 1.165) is 57.8 Å². The number of aliphatic hydroxyl groups is 4. The first-order valence-corrected chi connectivity index (χ1v) is 20.9. The van der Waals surface area contributed by atoms with Gasteiger partial charge in [0.1, 0.15) is 31.0 Å². The van der Waals surface area contributed by atoms with E-state index in [2.05, 4.69) is 38.2 Å². The first kappa shape index (κ1) is 48.2. The number of allylic oxidation sites excluding steroid dienone is 4. The van der Waals surface area contributed by atoms with Gasteiger partial charge in [0.25, 0.3) is 0 Å². The van der Waals surface area contributed by atoms with Crippen LogP contribution in [-0.4, -0.2) is 89.0 Å². The highest BCUT2D eigenvalue weighted by molar-refractivity contribution is 5.70. The maximum atomic E-state index is 12.7. The average molecular weight is 741 g/mol. The van der Waals surface area contributed by atoms with Gasteiger partial charge in [-0.2, -0.15) is 0 Å². The molecular formula is C42H76O10. The zero-order valence-corrected chi connectivity index (χ0v) is 32.8. The number of aliphatic hydroxyl groups excluding tert-OH is 4. The molecule has 10 nitrogen and oxygen atoms in total. The fourth-order valence-corrected chi connectivity index (χ4v) is 6.18. The highest BCUT2D eigenvalue weighted by Gasteiger charge is 2.44. The molecule has 0 saturated carbocycles. The van der Waals surface area contributed by atoms with E-state index in [1.165, 1.54) is 77.0 Å². The van der Waals surface area contributed by atoms with Gasteiger partial charge >= 0.3 is 11.9 Å². The third-order valence-electron chi connectivity index (χ3n) is 9.56. The smallest absolute Gasteiger partial charge is 0.306 e. The van der Waals surface area contributed by atoms with Gasteiger partial charge in [-0.15, -0.1) is 0 Å². The average Bonchev–Trinajstić information content (AvgIpc) is 3.14. The largest absolute Gasteiger partial charge is 0.462 e. The minimum Gasteiger partial charge on any atom is -0.462 e. The van der Waals surface area contributed by atoms with Gasteiger partial charge in [0.05, 0.1) is 13.2 Å². The summed E-state index contributed by atoms with van der Waals surface area (Å²) in [6, 6.07) is 0. The lowest BCUT2D eigenvalue weighted by molar-refractivity contribution is -0.305. The molecule has 1 rings (SSSR count). The van der Waals surface area contributed by atoms with E-state index >= 15 is 0 Å². The first-order valence-electron chi connectivity index (χ1n) is 20.9. The topological polar surface area (TPSA) is 152 Å². The lowest BCUT2D eigenvalue weighted by Crippen LogP contribution is -2.59. The fourth-order valence-electron chi connectivity index (χ4n) is 6.18. The van der Waals surface area contributed by atoms with Crippen LogP contribution in [0, 0.1) is 0 Å². The van der Waals surface area contributed by atoms with Crippen molar-refractivity contribution in [3.8, 4) is 0 Å². The molecule has 1 heterocycles. The maximum absolute atomic E-state index is 12.7. The third-order valence-corrected chi connectivity index (χ3v) is 9.56. The second-order valence-electron chi connectivity index (χ2n) is 14.4. The van der Waals surface area contributed by atoms with Crippen LogP contribution in [-0.2, 0) is 28.5 Å². The number of hydrogen-bond acceptors (Lipinski definition) is 10. The third kappa shape index (κ3) is 25.2. The molecular weight excluding hydrogens is 664 g/mol. The van der Waals surface area contributed by atoms with E-state index in [1.807, 2.05) is 0 Å². The molecule has 0 aromatic rings. The Morgan fingerprint density at radius 2 is 1.02 bits per heavy atom. The van der Waals surface area contributed by atoms with Crippen molar-refractivity contribution in [3.63, 3.8) is 0 Å². The molecule has 10 heteroatoms. The van der Waals surface area contributed by atoms with Crippen LogP contribution in [0.15, 0.2) is 24.3 Å². The highest BCUT2D eigenvalue weighted by atomic mass is 16.7. The molecule has 1 aliphatic rings. The van der Waals surface area contributed by atoms with Crippen LogP contribution in [0.1, 0.15) is 174 Å². The number of carbonyl (C=O) groups excluding carboxylic acids is 2. The van der Waals surface area contributed by atoms with E-state index in [0.29, 0.717) is 12.8 Å². The van der Waals surface area contributed by atoms with E-state index in [4.69, 9.17) is 18.9 Å². The Bertz CT molecular complexity index is 907. The van der Waals surface area contributed by atoms with Gasteiger partial charge in [0.2, 0.25) is 0 Å². The second-order valence-corrected chi connectivity index (χ2v) is 14.4. The molecule has 304 valence electrons. The maximum Gasteiger partial charge on any atom is 0.306 e. The Labute approximate surface area is 315 Å². The lowest BCUT2D eigenvalue weighted by atomic mass is 9.99. The minimum atomic E-state index is -1.60. The number of esters is 2. The van der Waals surface area contributed by atoms with Gasteiger partial charge in [-0.05, 0) is 64.2 Å². The summed E-state index contributed by atoms with van der Waals surface area (Å²) in [5, 5.41) is 40.0. The van der Waals surface area contributed by atoms with Crippen molar-refractivity contribution in [2.75, 3.05) is 19.8 Å². The summed E-state index contributed by atoms with van der Waals surface area (Å²) in [6.07, 6.45) is 27.6. The fraction of sp³-hybridized carbons (Fsp3) is 0.857. The van der Waals surface area contributed by atoms with Crippen LogP contribution in [0.3, 0.4) is 0 Å². The molecule has 0 aromatic carbocycles. The van der Waals surface area contributed by atoms with Crippen molar-refractivity contribution in [3.05, 3.63) is 24.3 Å². The van der Waals surface area contributed by atoms with Crippen LogP contribution < -0.4 is 0 Å². The Morgan fingerprint density at radius 1 is 0.577 bits per heavy atom. The predicted molar refractivity (Wildman–Crippen MR) is 206 cm³/mol. The van der Waals surface area contributed by atoms with Crippen molar-refractivity contribution in [2.24, 2.45) is 0 Å². The summed E-state index contributed by atoms with van der Waals surface area (Å²) in [6.45, 7) is 3.36. The second kappa shape index (κ2) is 33.7. The first-order chi connectivity index (χ1) is 25.3. The molecule has 1 fully saturated rings. The summed E-state index contributed by atoms with van der Waals surface area (Å²) in [5.41, 5.74) is 0. The Balaban J connectivity index is 2.39. The number of hydrogen-bond donors (Lipinski definition) is 4. The summed E-state index contributed by atoms with van der Waals surface area (Å²) in [4.78, 5) is 25.2. The molecule has 0 radical (unpaired) electrons. The molecule has 4 N–H and O–H groups in total. The molecule has 1 aliphatic heterocycles. The molecule has 0 aliphatic carbocycles. The van der Waals surface area contributed by atoms with Gasteiger partial charge in [-0.3, -0.25) is 9.59 Å². The lowest BCUT2D eigenvalue weighted by Gasteiger charge is -2.39. The van der Waals surface area contributed by atoms with Crippen molar-refractivity contribution >= 4 is 11.9 Å². The predicted octanol–water partition coefficient (Wildman–Crippen LogP) is 8.16. The Hall–Kier alpha value is -1.82. The van der Waals surface area contributed by atoms with E-state index in [1.54, 1.807) is 0 Å². The van der Waals surface area contributed by atoms with Gasteiger partial charge in [-0.25, -0.2) is 0 Å². The molecule has 0 amide bonds. The van der Waals surface area contributed by atoms with Crippen molar-refractivity contribution in [1.29, 1.82) is 0 Å². The Kier molecular flexibility index (Phi) is 31.3. The zero-order chi connectivity index (χ0) is 38.1. The molecule has 0 spiro atoms. The van der Waals surface area contributed by atoms with Gasteiger partial charge in [0.15, 0.2) is 12.4 Å². The van der Waals surface area contributed by atoms with Crippen LogP contribution in [0.2, 0.25) is 0 Å².